The zero-order valence-electron chi connectivity index (χ0n) is 17.5. The van der Waals surface area contributed by atoms with Crippen LogP contribution in [0.2, 0.25) is 0 Å². The summed E-state index contributed by atoms with van der Waals surface area (Å²) in [5.74, 6) is 0.440. The van der Waals surface area contributed by atoms with Crippen LogP contribution in [0.15, 0.2) is 29.2 Å². The van der Waals surface area contributed by atoms with Gasteiger partial charge in [0.1, 0.15) is 0 Å². The Hall–Kier alpha value is 0.350. The van der Waals surface area contributed by atoms with Crippen molar-refractivity contribution in [1.82, 2.24) is 0 Å². The maximum absolute atomic E-state index is 11.3. The molecule has 4 nitrogen and oxygen atoms in total. The topological polar surface area (TPSA) is 74.6 Å². The summed E-state index contributed by atoms with van der Waals surface area (Å²) < 4.78 is 31.8. The first-order valence-electron chi connectivity index (χ1n) is 10.5. The Kier molecular flexibility index (Phi) is 21.1. The van der Waals surface area contributed by atoms with Gasteiger partial charge in [0, 0.05) is 6.61 Å². The van der Waals surface area contributed by atoms with Gasteiger partial charge in [0.05, 0.1) is 4.90 Å². The number of hydrogen-bond acceptors (Lipinski definition) is 3. The number of benzene rings is 1. The molecule has 0 unspecified atom stereocenters. The summed E-state index contributed by atoms with van der Waals surface area (Å²) in [5.41, 5.74) is 0.726. The first kappa shape index (κ1) is 30.5. The molecule has 0 spiro atoms. The van der Waals surface area contributed by atoms with Gasteiger partial charge < -0.3 is 5.11 Å². The van der Waals surface area contributed by atoms with Gasteiger partial charge in [-0.05, 0) is 30.4 Å². The Morgan fingerprint density at radius 3 is 1.71 bits per heavy atom. The van der Waals surface area contributed by atoms with Crippen molar-refractivity contribution in [3.8, 4) is 0 Å². The van der Waals surface area contributed by atoms with Crippen LogP contribution in [0, 0.1) is 5.92 Å². The van der Waals surface area contributed by atoms with Crippen LogP contribution in [0.5, 0.6) is 0 Å². The second-order valence-electron chi connectivity index (χ2n) is 7.59. The molecule has 28 heavy (non-hydrogen) atoms. The van der Waals surface area contributed by atoms with Gasteiger partial charge >= 0.3 is 37.7 Å². The fourth-order valence-electron chi connectivity index (χ4n) is 2.76. The number of unbranched alkanes of at least 4 members (excludes halogenated alkanes) is 9. The van der Waals surface area contributed by atoms with Gasteiger partial charge in [0.15, 0.2) is 0 Å². The van der Waals surface area contributed by atoms with E-state index in [-0.39, 0.29) is 42.6 Å². The number of aryl methyl sites for hydroxylation is 1. The van der Waals surface area contributed by atoms with Crippen molar-refractivity contribution in [1.29, 1.82) is 0 Å². The molecule has 0 bridgehead atoms. The number of aliphatic hydroxyl groups excluding tert-OH is 1. The Labute approximate surface area is 203 Å². The zero-order chi connectivity index (χ0) is 20.5. The average Bonchev–Trinajstić information content (AvgIpc) is 2.63. The van der Waals surface area contributed by atoms with Crippen LogP contribution in [0.3, 0.4) is 0 Å². The van der Waals surface area contributed by atoms with Crippen molar-refractivity contribution < 1.29 is 18.1 Å². The summed E-state index contributed by atoms with van der Waals surface area (Å²) in [4.78, 5) is 0.0610. The molecule has 0 heterocycles. The molecule has 6 heteroatoms. The molecule has 0 amide bonds. The molecular weight excluding hydrogens is 400 g/mol. The fourth-order valence-corrected chi connectivity index (χ4v) is 3.52. The number of rotatable bonds is 13. The van der Waals surface area contributed by atoms with E-state index in [0.717, 1.165) is 18.4 Å². The molecule has 1 aromatic rings. The fraction of sp³-hybridized carbons (Fsp3) is 0.727. The number of aliphatic hydroxyl groups is 1. The SMILES string of the molecule is CC(C)CO.CCCCCCCCCCCCc1ccccc1S(=O)(=O)O.[CaH2]. The summed E-state index contributed by atoms with van der Waals surface area (Å²) in [6.07, 6.45) is 13.3. The van der Waals surface area contributed by atoms with Crippen molar-refractivity contribution in [3.63, 3.8) is 0 Å². The van der Waals surface area contributed by atoms with Crippen LogP contribution in [-0.2, 0) is 16.5 Å². The quantitative estimate of drug-likeness (QED) is 0.253. The van der Waals surface area contributed by atoms with Crippen LogP contribution >= 0.6 is 0 Å². The van der Waals surface area contributed by atoms with Gasteiger partial charge in [-0.15, -0.1) is 0 Å². The van der Waals surface area contributed by atoms with E-state index in [9.17, 15) is 13.0 Å². The third-order valence-corrected chi connectivity index (χ3v) is 5.37. The van der Waals surface area contributed by atoms with Gasteiger partial charge in [-0.1, -0.05) is 96.8 Å². The molecule has 2 N–H and O–H groups in total. The molecule has 1 rings (SSSR count). The Bertz CT molecular complexity index is 574. The van der Waals surface area contributed by atoms with Gasteiger partial charge in [-0.2, -0.15) is 8.42 Å². The second kappa shape index (κ2) is 19.3. The van der Waals surface area contributed by atoms with Gasteiger partial charge in [0.2, 0.25) is 0 Å². The molecule has 0 aliphatic heterocycles. The van der Waals surface area contributed by atoms with Crippen LogP contribution in [0.4, 0.5) is 0 Å². The second-order valence-corrected chi connectivity index (χ2v) is 8.98. The molecule has 0 fully saturated rings. The zero-order valence-corrected chi connectivity index (χ0v) is 18.3. The molecule has 0 aliphatic carbocycles. The molecule has 0 aliphatic rings. The predicted octanol–water partition coefficient (Wildman–Crippen LogP) is 5.12. The first-order chi connectivity index (χ1) is 12.8. The molecule has 0 aromatic heterocycles. The van der Waals surface area contributed by atoms with Crippen molar-refractivity contribution in [2.75, 3.05) is 6.61 Å². The molecular formula is C22H42CaO4S. The standard InChI is InChI=1S/C18H30O3S.C4H10O.Ca.2H/c1-2-3-4-5-6-7-8-9-10-11-14-17-15-12-13-16-18(17)22(19,20)21;1-4(2)3-5;;;/h12-13,15-16H,2-11,14H2,1H3,(H,19,20,21);4-5H,3H2,1-2H3;;;. The molecule has 1 aromatic carbocycles. The van der Waals surface area contributed by atoms with Crippen LogP contribution in [-0.4, -0.2) is 62.4 Å². The van der Waals surface area contributed by atoms with E-state index in [0.29, 0.717) is 18.9 Å². The van der Waals surface area contributed by atoms with E-state index < -0.39 is 10.1 Å². The van der Waals surface area contributed by atoms with E-state index in [2.05, 4.69) is 6.92 Å². The molecule has 0 radical (unpaired) electrons. The first-order valence-corrected chi connectivity index (χ1v) is 11.9. The Morgan fingerprint density at radius 2 is 1.29 bits per heavy atom. The van der Waals surface area contributed by atoms with Crippen molar-refractivity contribution >= 4 is 47.9 Å². The normalized spacial score (nSPS) is 10.9. The van der Waals surface area contributed by atoms with Crippen molar-refractivity contribution in [3.05, 3.63) is 29.8 Å². The Balaban J connectivity index is 0. The van der Waals surface area contributed by atoms with E-state index >= 15 is 0 Å². The minimum atomic E-state index is -4.10. The Morgan fingerprint density at radius 1 is 0.857 bits per heavy atom. The van der Waals surface area contributed by atoms with Crippen LogP contribution in [0.1, 0.15) is 90.5 Å². The summed E-state index contributed by atoms with van der Waals surface area (Å²) >= 11 is 0. The van der Waals surface area contributed by atoms with E-state index in [1.807, 2.05) is 19.9 Å². The average molecular weight is 443 g/mol. The third-order valence-electron chi connectivity index (χ3n) is 4.42. The van der Waals surface area contributed by atoms with Gasteiger partial charge in [-0.3, -0.25) is 4.55 Å². The summed E-state index contributed by atoms with van der Waals surface area (Å²) in [6, 6.07) is 6.73. The monoisotopic (exact) mass is 442 g/mol. The summed E-state index contributed by atoms with van der Waals surface area (Å²) in [5, 5.41) is 8.14. The molecule has 0 saturated heterocycles. The summed E-state index contributed by atoms with van der Waals surface area (Å²) in [7, 11) is -4.10. The predicted molar refractivity (Wildman–Crippen MR) is 122 cm³/mol. The van der Waals surface area contributed by atoms with Crippen LogP contribution < -0.4 is 0 Å². The van der Waals surface area contributed by atoms with Gasteiger partial charge in [-0.25, -0.2) is 0 Å². The van der Waals surface area contributed by atoms with Crippen molar-refractivity contribution in [2.24, 2.45) is 5.92 Å². The minimum absolute atomic E-state index is 0. The number of hydrogen-bond donors (Lipinski definition) is 2. The van der Waals surface area contributed by atoms with Crippen LogP contribution in [0.25, 0.3) is 0 Å². The van der Waals surface area contributed by atoms with Crippen molar-refractivity contribution in [2.45, 2.75) is 96.3 Å². The summed E-state index contributed by atoms with van der Waals surface area (Å²) in [6.45, 7) is 6.49. The third kappa shape index (κ3) is 17.2. The van der Waals surface area contributed by atoms with E-state index in [4.69, 9.17) is 5.11 Å². The maximum atomic E-state index is 11.3. The van der Waals surface area contributed by atoms with E-state index in [1.165, 1.54) is 57.4 Å². The molecule has 162 valence electrons. The molecule has 0 atom stereocenters. The molecule has 0 saturated carbocycles. The van der Waals surface area contributed by atoms with E-state index in [1.54, 1.807) is 12.1 Å². The van der Waals surface area contributed by atoms with Gasteiger partial charge in [0.25, 0.3) is 10.1 Å².